The zero-order valence-corrected chi connectivity index (χ0v) is 24.8. The highest BCUT2D eigenvalue weighted by molar-refractivity contribution is 6.32. The maximum absolute atomic E-state index is 13.4. The molecule has 0 unspecified atom stereocenters. The van der Waals surface area contributed by atoms with Crippen LogP contribution in [0.25, 0.3) is 22.4 Å². The molecule has 0 saturated heterocycles. The van der Waals surface area contributed by atoms with Crippen LogP contribution in [-0.2, 0) is 4.79 Å². The fraction of sp³-hybridized carbons (Fsp3) is 0.406. The van der Waals surface area contributed by atoms with Gasteiger partial charge in [0, 0.05) is 17.7 Å². The van der Waals surface area contributed by atoms with Gasteiger partial charge in [-0.1, -0.05) is 41.4 Å². The Hall–Kier alpha value is -3.46. The van der Waals surface area contributed by atoms with Gasteiger partial charge in [-0.15, -0.1) is 0 Å². The maximum Gasteiger partial charge on any atom is 0.329 e. The van der Waals surface area contributed by atoms with E-state index in [-0.39, 0.29) is 18.5 Å². The number of benzene rings is 2. The molecule has 0 aliphatic heterocycles. The van der Waals surface area contributed by atoms with Crippen LogP contribution in [0.3, 0.4) is 0 Å². The summed E-state index contributed by atoms with van der Waals surface area (Å²) >= 11 is 6.48. The number of ether oxygens (including phenoxy) is 1. The van der Waals surface area contributed by atoms with Crippen LogP contribution >= 0.6 is 11.6 Å². The molecule has 8 nitrogen and oxygen atoms in total. The lowest BCUT2D eigenvalue weighted by atomic mass is 9.80. The Morgan fingerprint density at radius 3 is 2.44 bits per heavy atom. The van der Waals surface area contributed by atoms with E-state index in [1.807, 2.05) is 58.3 Å². The molecule has 1 amide bonds. The van der Waals surface area contributed by atoms with Crippen LogP contribution in [0, 0.1) is 13.8 Å². The third kappa shape index (κ3) is 7.25. The summed E-state index contributed by atoms with van der Waals surface area (Å²) in [6, 6.07) is 15.0. The number of hydrogen-bond donors (Lipinski definition) is 3. The number of carbonyl (C=O) groups excluding carboxylic acids is 1. The number of hydrogen-bond acceptors (Lipinski definition) is 6. The first-order valence-corrected chi connectivity index (χ1v) is 14.3. The topological polar surface area (TPSA) is 112 Å². The van der Waals surface area contributed by atoms with Crippen LogP contribution in [0.4, 0.5) is 0 Å². The Morgan fingerprint density at radius 2 is 1.78 bits per heavy atom. The number of rotatable bonds is 10. The highest BCUT2D eigenvalue weighted by atomic mass is 35.5. The molecule has 41 heavy (non-hydrogen) atoms. The summed E-state index contributed by atoms with van der Waals surface area (Å²) in [6.45, 7) is 5.43. The number of carbonyl (C=O) groups is 2. The van der Waals surface area contributed by atoms with E-state index in [4.69, 9.17) is 21.3 Å². The predicted molar refractivity (Wildman–Crippen MR) is 161 cm³/mol. The van der Waals surface area contributed by atoms with Gasteiger partial charge in [-0.05, 0) is 95.4 Å². The van der Waals surface area contributed by atoms with Gasteiger partial charge in [0.2, 0.25) is 0 Å². The Labute approximate surface area is 246 Å². The van der Waals surface area contributed by atoms with Crippen molar-refractivity contribution in [3.8, 4) is 28.1 Å². The molecule has 1 aliphatic carbocycles. The highest BCUT2D eigenvalue weighted by Gasteiger charge is 2.43. The van der Waals surface area contributed by atoms with Crippen LogP contribution in [0.5, 0.6) is 5.75 Å². The molecule has 0 atom stereocenters. The number of halogens is 1. The number of amides is 1. The minimum Gasteiger partial charge on any atom is -0.492 e. The van der Waals surface area contributed by atoms with Gasteiger partial charge >= 0.3 is 5.97 Å². The van der Waals surface area contributed by atoms with E-state index in [0.717, 1.165) is 40.8 Å². The van der Waals surface area contributed by atoms with E-state index in [9.17, 15) is 19.8 Å². The van der Waals surface area contributed by atoms with Crippen molar-refractivity contribution in [3.63, 3.8) is 0 Å². The number of aryl methyl sites for hydroxylation is 2. The minimum absolute atomic E-state index is 0.101. The van der Waals surface area contributed by atoms with Gasteiger partial charge in [0.15, 0.2) is 0 Å². The van der Waals surface area contributed by atoms with Gasteiger partial charge in [0.05, 0.1) is 23.4 Å². The highest BCUT2D eigenvalue weighted by Crippen LogP contribution is 2.37. The Kier molecular flexibility index (Phi) is 9.68. The molecule has 1 fully saturated rings. The number of nitrogens with zero attached hydrogens (tertiary/aromatic N) is 2. The Balaban J connectivity index is 1.74. The van der Waals surface area contributed by atoms with Gasteiger partial charge in [0.1, 0.15) is 17.0 Å². The van der Waals surface area contributed by atoms with Crippen LogP contribution in [0.2, 0.25) is 5.02 Å². The average Bonchev–Trinajstić information content (AvgIpc) is 2.93. The lowest BCUT2D eigenvalue weighted by Crippen LogP contribution is -2.57. The quantitative estimate of drug-likeness (QED) is 0.272. The molecular formula is C32H38ClN3O5. The molecule has 1 aromatic heterocycles. The van der Waals surface area contributed by atoms with Gasteiger partial charge in [0.25, 0.3) is 5.91 Å². The summed E-state index contributed by atoms with van der Waals surface area (Å²) in [5.41, 5.74) is 3.92. The number of aliphatic hydroxyl groups is 1. The van der Waals surface area contributed by atoms with Crippen molar-refractivity contribution in [2.24, 2.45) is 0 Å². The lowest BCUT2D eigenvalue weighted by Gasteiger charge is -2.35. The molecule has 3 N–H and O–H groups in total. The standard InChI is InChI=1S/C32H38ClN3O5/c1-20-6-8-24(21(2)18-20)25-9-11-27(30(38)35-32(31(39)40)14-12-23(37)13-15-32)34-29(25)22-7-10-26(33)28(19-22)41-17-5-16-36(3)4/h6-11,18-19,23,37H,5,12-17H2,1-4H3,(H,35,38)(H,39,40)/t23-,32-. The smallest absolute Gasteiger partial charge is 0.329 e. The molecule has 1 heterocycles. The molecule has 4 rings (SSSR count). The second-order valence-corrected chi connectivity index (χ2v) is 11.5. The number of carboxylic acid groups (broad SMARTS) is 1. The van der Waals surface area contributed by atoms with Crippen LogP contribution in [0.15, 0.2) is 48.5 Å². The second-order valence-electron chi connectivity index (χ2n) is 11.1. The summed E-state index contributed by atoms with van der Waals surface area (Å²) in [6.07, 6.45) is 1.17. The number of aromatic nitrogens is 1. The molecule has 3 aromatic rings. The van der Waals surface area contributed by atoms with Crippen LogP contribution < -0.4 is 10.1 Å². The number of pyridine rings is 1. The summed E-state index contributed by atoms with van der Waals surface area (Å²) in [7, 11) is 4.01. The van der Waals surface area contributed by atoms with Crippen molar-refractivity contribution >= 4 is 23.5 Å². The molecule has 1 saturated carbocycles. The Morgan fingerprint density at radius 1 is 1.07 bits per heavy atom. The fourth-order valence-electron chi connectivity index (χ4n) is 5.23. The van der Waals surface area contributed by atoms with Gasteiger partial charge in [-0.2, -0.15) is 0 Å². The molecule has 1 aliphatic rings. The lowest BCUT2D eigenvalue weighted by molar-refractivity contribution is -0.146. The first-order valence-electron chi connectivity index (χ1n) is 13.9. The number of aliphatic hydroxyl groups excluding tert-OH is 1. The first-order chi connectivity index (χ1) is 19.5. The summed E-state index contributed by atoms with van der Waals surface area (Å²) in [4.78, 5) is 32.5. The van der Waals surface area contributed by atoms with E-state index in [0.29, 0.717) is 35.9 Å². The zero-order chi connectivity index (χ0) is 29.7. The molecule has 0 bridgehead atoms. The second kappa shape index (κ2) is 13.0. The number of aliphatic carboxylic acids is 1. The number of nitrogens with one attached hydrogen (secondary N) is 1. The van der Waals surface area contributed by atoms with Crippen molar-refractivity contribution < 1.29 is 24.5 Å². The summed E-state index contributed by atoms with van der Waals surface area (Å²) in [5, 5.41) is 23.1. The number of carboxylic acids is 1. The largest absolute Gasteiger partial charge is 0.492 e. The van der Waals surface area contributed by atoms with Crippen LogP contribution in [0.1, 0.15) is 53.7 Å². The van der Waals surface area contributed by atoms with Gasteiger partial charge in [-0.25, -0.2) is 9.78 Å². The first kappa shape index (κ1) is 30.5. The van der Waals surface area contributed by atoms with Gasteiger partial charge < -0.3 is 25.2 Å². The minimum atomic E-state index is -1.45. The predicted octanol–water partition coefficient (Wildman–Crippen LogP) is 5.50. The SMILES string of the molecule is Cc1ccc(-c2ccc(C(=O)N[C@]3(C(=O)O)CC[C@@H](O)CC3)nc2-c2ccc(Cl)c(OCCCN(C)C)c2)c(C)c1. The molecule has 0 radical (unpaired) electrons. The fourth-order valence-corrected chi connectivity index (χ4v) is 5.40. The third-order valence-corrected chi connectivity index (χ3v) is 7.89. The molecule has 2 aromatic carbocycles. The summed E-state index contributed by atoms with van der Waals surface area (Å²) in [5.74, 6) is -1.17. The molecule has 9 heteroatoms. The van der Waals surface area contributed by atoms with Crippen molar-refractivity contribution in [2.75, 3.05) is 27.2 Å². The van der Waals surface area contributed by atoms with E-state index < -0.39 is 23.5 Å². The van der Waals surface area contributed by atoms with Crippen LogP contribution in [-0.4, -0.2) is 70.9 Å². The van der Waals surface area contributed by atoms with Crippen molar-refractivity contribution in [1.82, 2.24) is 15.2 Å². The zero-order valence-electron chi connectivity index (χ0n) is 24.0. The van der Waals surface area contributed by atoms with Crippen molar-refractivity contribution in [1.29, 1.82) is 0 Å². The molecule has 0 spiro atoms. The molecular weight excluding hydrogens is 542 g/mol. The maximum atomic E-state index is 13.4. The summed E-state index contributed by atoms with van der Waals surface area (Å²) < 4.78 is 6.01. The van der Waals surface area contributed by atoms with E-state index in [2.05, 4.69) is 16.3 Å². The van der Waals surface area contributed by atoms with E-state index in [1.54, 1.807) is 12.1 Å². The van der Waals surface area contributed by atoms with Crippen molar-refractivity contribution in [2.45, 2.75) is 57.6 Å². The van der Waals surface area contributed by atoms with Gasteiger partial charge in [-0.3, -0.25) is 4.79 Å². The molecule has 218 valence electrons. The van der Waals surface area contributed by atoms with Crippen molar-refractivity contribution in [3.05, 3.63) is 70.4 Å². The monoisotopic (exact) mass is 579 g/mol. The van der Waals surface area contributed by atoms with E-state index in [1.165, 1.54) is 0 Å². The third-order valence-electron chi connectivity index (χ3n) is 7.58. The Bertz CT molecular complexity index is 1420. The normalized spacial score (nSPS) is 18.8. The van der Waals surface area contributed by atoms with E-state index >= 15 is 0 Å². The average molecular weight is 580 g/mol.